The molecule has 0 bridgehead atoms. The van der Waals surface area contributed by atoms with Crippen molar-refractivity contribution in [1.82, 2.24) is 24.7 Å². The maximum atomic E-state index is 12.9. The van der Waals surface area contributed by atoms with Crippen molar-refractivity contribution >= 4 is 32.2 Å². The molecule has 1 unspecified atom stereocenters. The number of carbonyl (C=O) groups excluding carboxylic acids is 2. The van der Waals surface area contributed by atoms with Crippen LogP contribution in [0.4, 0.5) is 15.4 Å². The second-order valence-electron chi connectivity index (χ2n) is 12.5. The van der Waals surface area contributed by atoms with Gasteiger partial charge in [-0.25, -0.2) is 14.4 Å². The molecule has 41 heavy (non-hydrogen) atoms. The summed E-state index contributed by atoms with van der Waals surface area (Å²) in [6.07, 6.45) is 0.273. The summed E-state index contributed by atoms with van der Waals surface area (Å²) in [5.41, 5.74) is -0.172. The standard InChI is InChI=1S/C28H42N6O6Si/c1-19-17-32(15-16-33(19)23(35)28(5,6)31-26(38)39)24(36)29-22-13-14-34(25(37)30-22)21-11-9-20(10-12-21)18-40-41(7,8)27(2,3)4/h9-14,19,31H,15-18H2,1-8H3,(H,38,39)(H,29,30,36,37). The molecule has 0 spiro atoms. The Morgan fingerprint density at radius 2 is 1.71 bits per heavy atom. The molecule has 1 atom stereocenters. The summed E-state index contributed by atoms with van der Waals surface area (Å²) in [5.74, 6) is -0.248. The van der Waals surface area contributed by atoms with Crippen molar-refractivity contribution in [1.29, 1.82) is 0 Å². The molecule has 4 amide bonds. The Kier molecular flexibility index (Phi) is 9.33. The molecule has 1 aromatic carbocycles. The van der Waals surface area contributed by atoms with E-state index < -0.39 is 31.7 Å². The number of aromatic nitrogens is 2. The SMILES string of the molecule is CC1CN(C(=O)Nc2ccn(-c3ccc(CO[Si](C)(C)C(C)(C)C)cc3)c(=O)n2)CCN1C(=O)C(C)(C)NC(=O)O. The van der Waals surface area contributed by atoms with Gasteiger partial charge in [0, 0.05) is 31.9 Å². The number of amides is 4. The minimum absolute atomic E-state index is 0.118. The van der Waals surface area contributed by atoms with E-state index in [-0.39, 0.29) is 42.4 Å². The normalized spacial score (nSPS) is 16.3. The molecule has 1 aliphatic rings. The quantitative estimate of drug-likeness (QED) is 0.418. The molecule has 1 aliphatic heterocycles. The third-order valence-corrected chi connectivity index (χ3v) is 12.3. The average Bonchev–Trinajstić information content (AvgIpc) is 2.86. The maximum Gasteiger partial charge on any atom is 0.405 e. The zero-order valence-electron chi connectivity index (χ0n) is 25.1. The van der Waals surface area contributed by atoms with Crippen LogP contribution in [0.25, 0.3) is 5.69 Å². The maximum absolute atomic E-state index is 12.9. The van der Waals surface area contributed by atoms with Gasteiger partial charge in [-0.3, -0.25) is 14.7 Å². The summed E-state index contributed by atoms with van der Waals surface area (Å²) in [6.45, 7) is 17.0. The Hall–Kier alpha value is -3.71. The molecule has 0 radical (unpaired) electrons. The molecular formula is C28H42N6O6Si. The largest absolute Gasteiger partial charge is 0.465 e. The van der Waals surface area contributed by atoms with E-state index in [0.717, 1.165) is 5.56 Å². The number of anilines is 1. The van der Waals surface area contributed by atoms with Crippen LogP contribution in [-0.4, -0.2) is 82.0 Å². The first-order chi connectivity index (χ1) is 18.9. The minimum atomic E-state index is -1.87. The Balaban J connectivity index is 1.60. The first-order valence-corrected chi connectivity index (χ1v) is 16.5. The predicted molar refractivity (Wildman–Crippen MR) is 159 cm³/mol. The zero-order valence-corrected chi connectivity index (χ0v) is 26.1. The van der Waals surface area contributed by atoms with Gasteiger partial charge in [-0.2, -0.15) is 4.98 Å². The minimum Gasteiger partial charge on any atom is -0.465 e. The molecule has 13 heteroatoms. The Morgan fingerprint density at radius 3 is 2.24 bits per heavy atom. The van der Waals surface area contributed by atoms with Gasteiger partial charge in [-0.15, -0.1) is 0 Å². The molecule has 0 aliphatic carbocycles. The second-order valence-corrected chi connectivity index (χ2v) is 17.3. The lowest BCUT2D eigenvalue weighted by molar-refractivity contribution is -0.140. The molecule has 1 aromatic heterocycles. The number of urea groups is 1. The molecule has 2 heterocycles. The van der Waals surface area contributed by atoms with E-state index in [1.54, 1.807) is 24.1 Å². The van der Waals surface area contributed by atoms with Crippen molar-refractivity contribution in [2.75, 3.05) is 25.0 Å². The van der Waals surface area contributed by atoms with E-state index in [2.05, 4.69) is 49.5 Å². The van der Waals surface area contributed by atoms with Crippen molar-refractivity contribution < 1.29 is 23.9 Å². The van der Waals surface area contributed by atoms with Crippen LogP contribution in [0, 0.1) is 0 Å². The van der Waals surface area contributed by atoms with Crippen molar-refractivity contribution in [3.8, 4) is 5.69 Å². The van der Waals surface area contributed by atoms with Crippen LogP contribution in [0.2, 0.25) is 18.1 Å². The van der Waals surface area contributed by atoms with E-state index >= 15 is 0 Å². The van der Waals surface area contributed by atoms with Crippen LogP contribution in [0.5, 0.6) is 0 Å². The number of hydrogen-bond donors (Lipinski definition) is 3. The number of benzene rings is 1. The van der Waals surface area contributed by atoms with Gasteiger partial charge in [-0.1, -0.05) is 32.9 Å². The molecule has 224 valence electrons. The van der Waals surface area contributed by atoms with E-state index in [1.807, 2.05) is 24.3 Å². The Bertz CT molecular complexity index is 1330. The summed E-state index contributed by atoms with van der Waals surface area (Å²) in [6, 6.07) is 8.29. The fraction of sp³-hybridized carbons (Fsp3) is 0.536. The van der Waals surface area contributed by atoms with Crippen LogP contribution in [0.1, 0.15) is 47.1 Å². The van der Waals surface area contributed by atoms with E-state index in [4.69, 9.17) is 9.53 Å². The predicted octanol–water partition coefficient (Wildman–Crippen LogP) is 3.87. The van der Waals surface area contributed by atoms with Gasteiger partial charge in [-0.05, 0) is 62.7 Å². The highest BCUT2D eigenvalue weighted by Crippen LogP contribution is 2.37. The molecule has 2 aromatic rings. The van der Waals surface area contributed by atoms with Gasteiger partial charge >= 0.3 is 17.8 Å². The summed E-state index contributed by atoms with van der Waals surface area (Å²) >= 11 is 0. The van der Waals surface area contributed by atoms with Crippen LogP contribution >= 0.6 is 0 Å². The third kappa shape index (κ3) is 7.73. The lowest BCUT2D eigenvalue weighted by Gasteiger charge is -2.42. The Labute approximate surface area is 241 Å². The zero-order chi connectivity index (χ0) is 30.8. The van der Waals surface area contributed by atoms with Crippen molar-refractivity contribution in [3.05, 3.63) is 52.6 Å². The molecule has 12 nitrogen and oxygen atoms in total. The highest BCUT2D eigenvalue weighted by atomic mass is 28.4. The number of carbonyl (C=O) groups is 3. The highest BCUT2D eigenvalue weighted by Gasteiger charge is 2.39. The van der Waals surface area contributed by atoms with Crippen LogP contribution in [0.3, 0.4) is 0 Å². The lowest BCUT2D eigenvalue weighted by atomic mass is 10.0. The van der Waals surface area contributed by atoms with Crippen LogP contribution < -0.4 is 16.3 Å². The van der Waals surface area contributed by atoms with Gasteiger partial charge in [0.05, 0.1) is 12.3 Å². The molecule has 1 saturated heterocycles. The third-order valence-electron chi connectivity index (χ3n) is 7.79. The highest BCUT2D eigenvalue weighted by molar-refractivity contribution is 6.74. The number of nitrogens with zero attached hydrogens (tertiary/aromatic N) is 4. The van der Waals surface area contributed by atoms with Crippen molar-refractivity contribution in [3.63, 3.8) is 0 Å². The van der Waals surface area contributed by atoms with Gasteiger partial charge in [0.15, 0.2) is 8.32 Å². The average molecular weight is 587 g/mol. The topological polar surface area (TPSA) is 146 Å². The summed E-state index contributed by atoms with van der Waals surface area (Å²) < 4.78 is 7.67. The monoisotopic (exact) mass is 586 g/mol. The van der Waals surface area contributed by atoms with Gasteiger partial charge in [0.2, 0.25) is 5.91 Å². The number of carboxylic acid groups (broad SMARTS) is 1. The molecule has 3 rings (SSSR count). The fourth-order valence-electron chi connectivity index (χ4n) is 4.21. The number of rotatable bonds is 7. The molecule has 3 N–H and O–H groups in total. The smallest absolute Gasteiger partial charge is 0.405 e. The molecular weight excluding hydrogens is 544 g/mol. The number of piperazine rings is 1. The summed E-state index contributed by atoms with van der Waals surface area (Å²) in [4.78, 5) is 56.7. The van der Waals surface area contributed by atoms with Crippen molar-refractivity contribution in [2.45, 2.75) is 77.9 Å². The van der Waals surface area contributed by atoms with E-state index in [9.17, 15) is 19.2 Å². The van der Waals surface area contributed by atoms with E-state index in [0.29, 0.717) is 12.3 Å². The van der Waals surface area contributed by atoms with Gasteiger partial charge < -0.3 is 24.6 Å². The lowest BCUT2D eigenvalue weighted by Crippen LogP contribution is -2.63. The second kappa shape index (κ2) is 12.0. The van der Waals surface area contributed by atoms with Crippen LogP contribution in [0.15, 0.2) is 41.3 Å². The first-order valence-electron chi connectivity index (χ1n) is 13.6. The molecule has 1 fully saturated rings. The Morgan fingerprint density at radius 1 is 1.07 bits per heavy atom. The number of hydrogen-bond acceptors (Lipinski definition) is 6. The van der Waals surface area contributed by atoms with Crippen LogP contribution in [-0.2, 0) is 15.8 Å². The van der Waals surface area contributed by atoms with E-state index in [1.165, 1.54) is 23.3 Å². The molecule has 0 saturated carbocycles. The first kappa shape index (κ1) is 31.8. The summed E-state index contributed by atoms with van der Waals surface area (Å²) in [7, 11) is -1.87. The number of nitrogens with one attached hydrogen (secondary N) is 2. The summed E-state index contributed by atoms with van der Waals surface area (Å²) in [5, 5.41) is 14.0. The van der Waals surface area contributed by atoms with Gasteiger partial charge in [0.1, 0.15) is 11.4 Å². The fourth-order valence-corrected chi connectivity index (χ4v) is 5.17. The van der Waals surface area contributed by atoms with Crippen molar-refractivity contribution in [2.24, 2.45) is 0 Å². The van der Waals surface area contributed by atoms with Gasteiger partial charge in [0.25, 0.3) is 0 Å².